The Morgan fingerprint density at radius 1 is 1.03 bits per heavy atom. The molecule has 0 saturated carbocycles. The number of halogens is 3. The third kappa shape index (κ3) is 5.40. The van der Waals surface area contributed by atoms with Crippen LogP contribution in [0.2, 0.25) is 0 Å². The first-order valence-electron chi connectivity index (χ1n) is 12.0. The summed E-state index contributed by atoms with van der Waals surface area (Å²) in [4.78, 5) is 8.17. The van der Waals surface area contributed by atoms with Gasteiger partial charge >= 0.3 is 6.36 Å². The molecule has 0 saturated heterocycles. The minimum atomic E-state index is -5.14. The lowest BCUT2D eigenvalue weighted by atomic mass is 9.98. The van der Waals surface area contributed by atoms with E-state index in [-0.39, 0.29) is 18.5 Å². The monoisotopic (exact) mass is 558 g/mol. The van der Waals surface area contributed by atoms with Crippen LogP contribution in [0.25, 0.3) is 5.82 Å². The molecule has 39 heavy (non-hydrogen) atoms. The Bertz CT molecular complexity index is 1600. The Morgan fingerprint density at radius 3 is 2.46 bits per heavy atom. The largest absolute Gasteiger partial charge is 0.573 e. The quantitative estimate of drug-likeness (QED) is 0.362. The zero-order valence-electron chi connectivity index (χ0n) is 21.0. The van der Waals surface area contributed by atoms with E-state index in [0.29, 0.717) is 17.2 Å². The number of benzene rings is 2. The molecule has 0 amide bonds. The average Bonchev–Trinajstić information content (AvgIpc) is 3.30. The molecule has 0 fully saturated rings. The predicted molar refractivity (Wildman–Crippen MR) is 135 cm³/mol. The lowest BCUT2D eigenvalue weighted by Gasteiger charge is -2.30. The molecule has 204 valence electrons. The highest BCUT2D eigenvalue weighted by molar-refractivity contribution is 7.89. The van der Waals surface area contributed by atoms with Gasteiger partial charge in [-0.15, -0.1) is 13.2 Å². The first-order valence-corrected chi connectivity index (χ1v) is 13.4. The molecule has 1 N–H and O–H groups in total. The van der Waals surface area contributed by atoms with Gasteiger partial charge in [-0.05, 0) is 49.6 Å². The van der Waals surface area contributed by atoms with Gasteiger partial charge in [0.2, 0.25) is 10.0 Å². The third-order valence-electron chi connectivity index (χ3n) is 6.47. The fourth-order valence-electron chi connectivity index (χ4n) is 4.63. The highest BCUT2D eigenvalue weighted by Gasteiger charge is 2.42. The van der Waals surface area contributed by atoms with Gasteiger partial charge in [0.05, 0.1) is 11.6 Å². The van der Waals surface area contributed by atoms with E-state index in [2.05, 4.69) is 14.7 Å². The summed E-state index contributed by atoms with van der Waals surface area (Å²) in [6.45, 7) is 2.63. The summed E-state index contributed by atoms with van der Waals surface area (Å²) in [5.41, 5.74) is -0.0923. The smallest absolute Gasteiger partial charge is 0.404 e. The predicted octanol–water partition coefficient (Wildman–Crippen LogP) is 4.88. The summed E-state index contributed by atoms with van der Waals surface area (Å²) in [6, 6.07) is 14.7. The van der Waals surface area contributed by atoms with Crippen molar-refractivity contribution in [3.63, 3.8) is 0 Å². The maximum absolute atomic E-state index is 14.4. The number of nitrogens with zero attached hydrogens (tertiary/aromatic N) is 4. The number of fused-ring (bicyclic) bond motifs is 3. The molecule has 5 rings (SSSR count). The number of imidazole rings is 1. The summed E-state index contributed by atoms with van der Waals surface area (Å²) in [5, 5.41) is 10.5. The van der Waals surface area contributed by atoms with E-state index in [9.17, 15) is 26.7 Å². The highest BCUT2D eigenvalue weighted by Crippen LogP contribution is 2.40. The van der Waals surface area contributed by atoms with E-state index in [0.717, 1.165) is 22.0 Å². The average molecular weight is 559 g/mol. The molecule has 2 aromatic carbocycles. The Morgan fingerprint density at radius 2 is 1.77 bits per heavy atom. The van der Waals surface area contributed by atoms with Crippen LogP contribution in [0.3, 0.4) is 0 Å². The summed E-state index contributed by atoms with van der Waals surface area (Å²) in [6.07, 6.45) is -0.195. The minimum absolute atomic E-state index is 0.105. The lowest BCUT2D eigenvalue weighted by Crippen LogP contribution is -2.36. The number of aliphatic hydroxyl groups is 1. The number of rotatable bonds is 6. The molecule has 1 unspecified atom stereocenters. The van der Waals surface area contributed by atoms with Crippen LogP contribution in [0.5, 0.6) is 5.75 Å². The lowest BCUT2D eigenvalue weighted by molar-refractivity contribution is -0.275. The molecule has 12 heteroatoms. The van der Waals surface area contributed by atoms with Gasteiger partial charge in [0.15, 0.2) is 0 Å². The van der Waals surface area contributed by atoms with Gasteiger partial charge in [0, 0.05) is 30.7 Å². The maximum Gasteiger partial charge on any atom is 0.573 e. The molecule has 4 aromatic rings. The first-order chi connectivity index (χ1) is 18.3. The molecule has 1 aliphatic rings. The van der Waals surface area contributed by atoms with E-state index >= 15 is 0 Å². The number of ether oxygens (including phenoxy) is 1. The maximum atomic E-state index is 14.4. The van der Waals surface area contributed by atoms with Crippen LogP contribution in [0, 0.1) is 0 Å². The van der Waals surface area contributed by atoms with Crippen LogP contribution in [-0.4, -0.2) is 38.7 Å². The molecular formula is C27H25F3N4O4S. The van der Waals surface area contributed by atoms with Crippen LogP contribution in [-0.2, 0) is 28.6 Å². The number of hydrogen-bond donors (Lipinski definition) is 1. The molecule has 1 aliphatic heterocycles. The van der Waals surface area contributed by atoms with Crippen LogP contribution >= 0.6 is 0 Å². The third-order valence-corrected chi connectivity index (χ3v) is 8.35. The summed E-state index contributed by atoms with van der Waals surface area (Å²) in [7, 11) is -4.69. The van der Waals surface area contributed by atoms with Gasteiger partial charge in [0.25, 0.3) is 0 Å². The topological polar surface area (TPSA) is 97.5 Å². The number of sulfonamides is 1. The van der Waals surface area contributed by atoms with Crippen molar-refractivity contribution in [2.24, 2.45) is 0 Å². The number of pyridine rings is 1. The van der Waals surface area contributed by atoms with Gasteiger partial charge in [-0.2, -0.15) is 4.31 Å². The second-order valence-electron chi connectivity index (χ2n) is 9.67. The molecule has 8 nitrogen and oxygen atoms in total. The van der Waals surface area contributed by atoms with E-state index in [1.165, 1.54) is 26.1 Å². The normalized spacial score (nSPS) is 16.3. The van der Waals surface area contributed by atoms with Gasteiger partial charge < -0.3 is 9.84 Å². The van der Waals surface area contributed by atoms with Gasteiger partial charge in [-0.25, -0.2) is 18.4 Å². The zero-order valence-corrected chi connectivity index (χ0v) is 21.8. The molecule has 0 aliphatic carbocycles. The van der Waals surface area contributed by atoms with Crippen molar-refractivity contribution in [2.75, 3.05) is 0 Å². The standard InChI is InChI=1S/C27H25F3N4O4S/c1-26(2,35)20-10-11-22(38-27(28,29)30)23(16-20)39(36,37)34-17-19-9-6-12-31-24(19)33-14-13-32-25(33)21(34)15-18-7-4-3-5-8-18/h3-14,16,21,35H,15,17H2,1-2H3. The highest BCUT2D eigenvalue weighted by atomic mass is 32.2. The Labute approximate surface area is 223 Å². The molecule has 1 atom stereocenters. The Balaban J connectivity index is 1.73. The van der Waals surface area contributed by atoms with Crippen molar-refractivity contribution in [1.29, 1.82) is 0 Å². The van der Waals surface area contributed by atoms with E-state index in [1.807, 2.05) is 30.3 Å². The van der Waals surface area contributed by atoms with E-state index in [1.54, 1.807) is 29.1 Å². The van der Waals surface area contributed by atoms with Gasteiger partial charge in [-0.1, -0.05) is 42.5 Å². The van der Waals surface area contributed by atoms with Crippen molar-refractivity contribution in [1.82, 2.24) is 18.8 Å². The van der Waals surface area contributed by atoms with Crippen molar-refractivity contribution in [3.05, 3.63) is 102 Å². The number of alkyl halides is 3. The van der Waals surface area contributed by atoms with Crippen molar-refractivity contribution < 1.29 is 31.4 Å². The summed E-state index contributed by atoms with van der Waals surface area (Å²) >= 11 is 0. The second kappa shape index (κ2) is 9.78. The molecule has 3 heterocycles. The second-order valence-corrected chi connectivity index (χ2v) is 11.5. The number of hydrogen-bond acceptors (Lipinski definition) is 6. The molecule has 2 aromatic heterocycles. The fraction of sp³-hybridized carbons (Fsp3) is 0.259. The molecular weight excluding hydrogens is 533 g/mol. The van der Waals surface area contributed by atoms with Crippen molar-refractivity contribution in [3.8, 4) is 11.6 Å². The van der Waals surface area contributed by atoms with Crippen LogP contribution in [0.4, 0.5) is 13.2 Å². The fourth-order valence-corrected chi connectivity index (χ4v) is 6.33. The Kier molecular flexibility index (Phi) is 6.73. The van der Waals surface area contributed by atoms with Crippen LogP contribution < -0.4 is 4.74 Å². The summed E-state index contributed by atoms with van der Waals surface area (Å²) in [5.74, 6) is -0.0671. The summed E-state index contributed by atoms with van der Waals surface area (Å²) < 4.78 is 75.9. The molecule has 0 bridgehead atoms. The van der Waals surface area contributed by atoms with Crippen molar-refractivity contribution >= 4 is 10.0 Å². The molecule has 0 radical (unpaired) electrons. The van der Waals surface area contributed by atoms with E-state index < -0.39 is 38.7 Å². The van der Waals surface area contributed by atoms with E-state index in [4.69, 9.17) is 0 Å². The SMILES string of the molecule is CC(C)(O)c1ccc(OC(F)(F)F)c(S(=O)(=O)N2Cc3cccnc3-n3ccnc3C2Cc2ccccc2)c1. The molecule has 0 spiro atoms. The minimum Gasteiger partial charge on any atom is -0.404 e. The van der Waals surface area contributed by atoms with Crippen molar-refractivity contribution in [2.45, 2.75) is 49.7 Å². The first kappa shape index (κ1) is 26.9. The van der Waals surface area contributed by atoms with Gasteiger partial charge in [0.1, 0.15) is 22.3 Å². The van der Waals surface area contributed by atoms with Gasteiger partial charge in [-0.3, -0.25) is 4.57 Å². The van der Waals surface area contributed by atoms with Crippen LogP contribution in [0.1, 0.15) is 42.4 Å². The Hall–Kier alpha value is -3.74. The van der Waals surface area contributed by atoms with Crippen LogP contribution in [0.15, 0.2) is 84.1 Å². The zero-order chi connectivity index (χ0) is 28.0. The number of aromatic nitrogens is 3.